The quantitative estimate of drug-likeness (QED) is 0.0493. The summed E-state index contributed by atoms with van der Waals surface area (Å²) in [5, 5.41) is 18.4. The molecule has 77 heavy (non-hydrogen) atoms. The maximum atomic E-state index is 15.3. The maximum Gasteiger partial charge on any atom is 0.488 e. The molecule has 0 aliphatic heterocycles. The average Bonchev–Trinajstić information content (AvgIpc) is 3.40. The smallest absolute Gasteiger partial charge is 0.423 e. The van der Waals surface area contributed by atoms with Crippen LogP contribution in [0, 0.1) is 91.9 Å². The predicted molar refractivity (Wildman–Crippen MR) is 320 cm³/mol. The van der Waals surface area contributed by atoms with Gasteiger partial charge < -0.3 is 10.0 Å². The van der Waals surface area contributed by atoms with Gasteiger partial charge in [-0.05, 0) is 187 Å². The Kier molecular flexibility index (Phi) is 22.6. The molecule has 2 nitrogen and oxygen atoms in total. The van der Waals surface area contributed by atoms with Gasteiger partial charge in [0.2, 0.25) is 0 Å². The van der Waals surface area contributed by atoms with Crippen molar-refractivity contribution in [3.63, 3.8) is 0 Å². The number of rotatable bonds is 14. The molecule has 8 aromatic rings. The molecule has 0 bridgehead atoms. The molecule has 0 amide bonds. The van der Waals surface area contributed by atoms with E-state index < -0.39 is 42.0 Å². The van der Waals surface area contributed by atoms with Crippen molar-refractivity contribution in [1.82, 2.24) is 0 Å². The van der Waals surface area contributed by atoms with E-state index >= 15 is 13.2 Å². The third-order valence-corrected chi connectivity index (χ3v) is 15.4. The van der Waals surface area contributed by atoms with Crippen molar-refractivity contribution in [2.45, 2.75) is 115 Å². The molecule has 0 fully saturated rings. The lowest BCUT2D eigenvalue weighted by Gasteiger charge is -2.16. The Labute approximate surface area is 468 Å². The van der Waals surface area contributed by atoms with E-state index in [9.17, 15) is 23.2 Å². The minimum atomic E-state index is -1.36. The van der Waals surface area contributed by atoms with Gasteiger partial charge in [0.1, 0.15) is 11.6 Å². The molecule has 0 saturated carbocycles. The first-order chi connectivity index (χ1) is 36.1. The molecule has 0 aliphatic carbocycles. The molecular weight excluding hydrogens is 1090 g/mol. The minimum Gasteiger partial charge on any atom is -0.423 e. The monoisotopic (exact) mass is 1160 g/mol. The predicted octanol–water partition coefficient (Wildman–Crippen LogP) is 19.0. The summed E-state index contributed by atoms with van der Waals surface area (Å²) < 4.78 is 88.0. The molecule has 404 valence electrons. The first kappa shape index (κ1) is 61.9. The Morgan fingerprint density at radius 2 is 0.753 bits per heavy atom. The maximum absolute atomic E-state index is 15.3. The van der Waals surface area contributed by atoms with Gasteiger partial charge in [-0.2, -0.15) is 0 Å². The second-order valence-corrected chi connectivity index (χ2v) is 21.5. The van der Waals surface area contributed by atoms with Crippen molar-refractivity contribution in [3.8, 4) is 55.6 Å². The van der Waals surface area contributed by atoms with Crippen LogP contribution in [0.2, 0.25) is 0 Å². The molecular formula is C67H72BF6IO2. The molecule has 8 aromatic carbocycles. The summed E-state index contributed by atoms with van der Waals surface area (Å²) in [5.41, 5.74) is 13.8. The zero-order chi connectivity index (χ0) is 55.5. The molecule has 2 N–H and O–H groups in total. The van der Waals surface area contributed by atoms with Crippen molar-refractivity contribution in [1.29, 1.82) is 0 Å². The van der Waals surface area contributed by atoms with Crippen LogP contribution in [-0.2, 0) is 12.8 Å². The van der Waals surface area contributed by atoms with Crippen LogP contribution in [0.1, 0.15) is 105 Å². The van der Waals surface area contributed by atoms with Gasteiger partial charge in [-0.3, -0.25) is 0 Å². The standard InChI is InChI=1S/C33H33F3.C19H12F3I.C14H23BO2.CH4/c1-6-20(2)9-13-27-22(4)17-26(18-23(27)5)28-15-16-30(33(36)32(28)35)29-14-12-25(19-31(29)34)24-10-7-21(3)8-11-24;1-11-2-4-12(5-3-11)13-6-7-14(16(20)10-13)15-8-9-17(23)19(22)18(15)21;1-5-10(2)6-7-14-11(3)8-13(15(16)17)9-12(14)4;/h7-8,10-12,14-20H,6,9,13H2,1-5H3;2-10H,1H3;8-10,16-17H,5-7H2,1-4H3;1H4/t20-;;10-;/m0.0./s1. The van der Waals surface area contributed by atoms with Crippen molar-refractivity contribution in [3.05, 3.63) is 216 Å². The van der Waals surface area contributed by atoms with Crippen LogP contribution in [0.25, 0.3) is 55.6 Å². The summed E-state index contributed by atoms with van der Waals surface area (Å²) in [6, 6.07) is 38.0. The Balaban J connectivity index is 0.000000229. The first-order valence-corrected chi connectivity index (χ1v) is 27.1. The summed E-state index contributed by atoms with van der Waals surface area (Å²) in [7, 11) is -1.36. The van der Waals surface area contributed by atoms with Gasteiger partial charge in [0.05, 0.1) is 3.57 Å². The molecule has 0 radical (unpaired) electrons. The van der Waals surface area contributed by atoms with Crippen LogP contribution < -0.4 is 5.46 Å². The molecule has 10 heteroatoms. The highest BCUT2D eigenvalue weighted by molar-refractivity contribution is 14.1. The van der Waals surface area contributed by atoms with Gasteiger partial charge in [0, 0.05) is 27.8 Å². The SMILES string of the molecule is C.CC[C@H](C)CCc1c(C)cc(-c2ccc(-c3ccc(-c4ccc(C)cc4)cc3F)c(F)c2F)cc1C.CC[C@H](C)CCc1c(C)cc(B(O)O)cc1C.Cc1ccc(-c2ccc(-c3ccc(I)c(F)c3F)c(F)c2)cc1. The highest BCUT2D eigenvalue weighted by Gasteiger charge is 2.21. The van der Waals surface area contributed by atoms with E-state index in [0.717, 1.165) is 76.1 Å². The fourth-order valence-corrected chi connectivity index (χ4v) is 9.75. The van der Waals surface area contributed by atoms with E-state index in [0.29, 0.717) is 28.1 Å². The second-order valence-electron chi connectivity index (χ2n) is 20.3. The van der Waals surface area contributed by atoms with E-state index in [4.69, 9.17) is 0 Å². The zero-order valence-electron chi connectivity index (χ0n) is 45.2. The lowest BCUT2D eigenvalue weighted by Crippen LogP contribution is -2.30. The van der Waals surface area contributed by atoms with Crippen LogP contribution in [-0.4, -0.2) is 17.2 Å². The summed E-state index contributed by atoms with van der Waals surface area (Å²) in [4.78, 5) is 0. The molecule has 0 heterocycles. The lowest BCUT2D eigenvalue weighted by molar-refractivity contribution is 0.425. The summed E-state index contributed by atoms with van der Waals surface area (Å²) in [5.74, 6) is -3.75. The number of aryl methyl sites for hydroxylation is 6. The van der Waals surface area contributed by atoms with Crippen molar-refractivity contribution >= 4 is 35.2 Å². The molecule has 0 saturated heterocycles. The second kappa shape index (κ2) is 28.1. The average molecular weight is 1160 g/mol. The normalized spacial score (nSPS) is 11.7. The highest BCUT2D eigenvalue weighted by Crippen LogP contribution is 2.37. The van der Waals surface area contributed by atoms with Gasteiger partial charge in [0.25, 0.3) is 0 Å². The van der Waals surface area contributed by atoms with Crippen LogP contribution >= 0.6 is 22.6 Å². The van der Waals surface area contributed by atoms with E-state index in [1.54, 1.807) is 40.8 Å². The molecule has 0 spiro atoms. The van der Waals surface area contributed by atoms with E-state index in [1.807, 2.05) is 114 Å². The van der Waals surface area contributed by atoms with Gasteiger partial charge in [-0.25, -0.2) is 26.3 Å². The van der Waals surface area contributed by atoms with E-state index in [-0.39, 0.29) is 38.8 Å². The number of hydrogen-bond acceptors (Lipinski definition) is 2. The first-order valence-electron chi connectivity index (χ1n) is 26.0. The van der Waals surface area contributed by atoms with Gasteiger partial charge in [0.15, 0.2) is 23.3 Å². The van der Waals surface area contributed by atoms with Crippen LogP contribution in [0.3, 0.4) is 0 Å². The summed E-state index contributed by atoms with van der Waals surface area (Å²) in [6.45, 7) is 21.0. The van der Waals surface area contributed by atoms with Gasteiger partial charge in [-0.1, -0.05) is 174 Å². The molecule has 0 unspecified atom stereocenters. The minimum absolute atomic E-state index is 0. The van der Waals surface area contributed by atoms with Gasteiger partial charge >= 0.3 is 7.12 Å². The highest BCUT2D eigenvalue weighted by atomic mass is 127. The van der Waals surface area contributed by atoms with E-state index in [2.05, 4.69) is 27.7 Å². The van der Waals surface area contributed by atoms with Gasteiger partial charge in [-0.15, -0.1) is 0 Å². The van der Waals surface area contributed by atoms with Crippen LogP contribution in [0.15, 0.2) is 133 Å². The number of hydrogen-bond donors (Lipinski definition) is 2. The summed E-state index contributed by atoms with van der Waals surface area (Å²) >= 11 is 1.70. The third kappa shape index (κ3) is 15.6. The molecule has 2 atom stereocenters. The Morgan fingerprint density at radius 3 is 1.14 bits per heavy atom. The Morgan fingerprint density at radius 1 is 0.416 bits per heavy atom. The number of halogens is 7. The Bertz CT molecular complexity index is 3230. The zero-order valence-corrected chi connectivity index (χ0v) is 47.4. The van der Waals surface area contributed by atoms with Crippen molar-refractivity contribution < 1.29 is 36.4 Å². The lowest BCUT2D eigenvalue weighted by atomic mass is 9.77. The number of benzene rings is 8. The summed E-state index contributed by atoms with van der Waals surface area (Å²) in [6.07, 6.45) is 6.70. The van der Waals surface area contributed by atoms with E-state index in [1.165, 1.54) is 66.4 Å². The van der Waals surface area contributed by atoms with Crippen molar-refractivity contribution in [2.24, 2.45) is 11.8 Å². The van der Waals surface area contributed by atoms with Crippen molar-refractivity contribution in [2.75, 3.05) is 0 Å². The topological polar surface area (TPSA) is 40.5 Å². The van der Waals surface area contributed by atoms with Crippen LogP contribution in [0.5, 0.6) is 0 Å². The third-order valence-electron chi connectivity index (χ3n) is 14.6. The fraction of sp³-hybridized carbons (Fsp3) is 0.284. The fourth-order valence-electron chi connectivity index (χ4n) is 9.34. The molecule has 0 aliphatic rings. The molecule has 8 rings (SSSR count). The Hall–Kier alpha value is -5.95. The largest absolute Gasteiger partial charge is 0.488 e. The van der Waals surface area contributed by atoms with Crippen LogP contribution in [0.4, 0.5) is 26.3 Å². The molecule has 0 aromatic heterocycles.